The normalized spacial score (nSPS) is 27.4. The van der Waals surface area contributed by atoms with Gasteiger partial charge in [-0.3, -0.25) is 4.90 Å². The Kier molecular flexibility index (Phi) is 7.02. The molecule has 0 spiro atoms. The molecule has 1 N–H and O–H groups in total. The van der Waals surface area contributed by atoms with Gasteiger partial charge in [0, 0.05) is 37.0 Å². The minimum absolute atomic E-state index is 0.000862. The van der Waals surface area contributed by atoms with Crippen LogP contribution in [0.2, 0.25) is 0 Å². The van der Waals surface area contributed by atoms with Crippen molar-refractivity contribution in [1.29, 1.82) is 5.26 Å². The van der Waals surface area contributed by atoms with E-state index in [9.17, 15) is 19.1 Å². The maximum atomic E-state index is 16.9. The van der Waals surface area contributed by atoms with E-state index in [1.807, 2.05) is 6.92 Å². The quantitative estimate of drug-likeness (QED) is 0.248. The van der Waals surface area contributed by atoms with Crippen LogP contribution in [0.4, 0.5) is 19.0 Å². The maximum absolute atomic E-state index is 16.9. The van der Waals surface area contributed by atoms with E-state index in [0.29, 0.717) is 65.6 Å². The van der Waals surface area contributed by atoms with Crippen molar-refractivity contribution in [1.82, 2.24) is 14.9 Å². The second-order valence-electron chi connectivity index (χ2n) is 13.6. The Bertz CT molecular complexity index is 1900. The number of phenols is 1. The fourth-order valence-corrected chi connectivity index (χ4v) is 8.95. The molecule has 2 unspecified atom stereocenters. The third-order valence-electron chi connectivity index (χ3n) is 11.1. The SMILES string of the molecule is CCc1c(F)ccc2cc(O)cc(-c3ccc4c(N5CC6CCC(C5)C6C#N)nc(OC[C@@]56CCCN5C[C@H](F)C6)nc4c3F)c12. The number of piperidine rings is 1. The molecular formula is C36H36F3N5O2. The number of hydrogen-bond donors (Lipinski definition) is 1. The Balaban J connectivity index is 1.27. The number of aromatic nitrogens is 2. The third-order valence-corrected chi connectivity index (χ3v) is 11.1. The molecule has 4 aromatic rings. The number of halogens is 3. The lowest BCUT2D eigenvalue weighted by atomic mass is 9.86. The lowest BCUT2D eigenvalue weighted by molar-refractivity contribution is 0.107. The average molecular weight is 628 g/mol. The third kappa shape index (κ3) is 4.57. The Morgan fingerprint density at radius 3 is 2.63 bits per heavy atom. The number of hydrogen-bond acceptors (Lipinski definition) is 7. The van der Waals surface area contributed by atoms with E-state index in [4.69, 9.17) is 9.72 Å². The second-order valence-corrected chi connectivity index (χ2v) is 13.6. The van der Waals surface area contributed by atoms with Gasteiger partial charge in [0.25, 0.3) is 0 Å². The van der Waals surface area contributed by atoms with E-state index in [0.717, 1.165) is 32.2 Å². The van der Waals surface area contributed by atoms with Crippen LogP contribution < -0.4 is 9.64 Å². The molecule has 4 heterocycles. The Morgan fingerprint density at radius 2 is 1.87 bits per heavy atom. The molecule has 1 saturated carbocycles. The topological polar surface area (TPSA) is 85.5 Å². The number of fused-ring (bicyclic) bond motifs is 5. The molecule has 3 aliphatic heterocycles. The molecule has 2 bridgehead atoms. The van der Waals surface area contributed by atoms with Crippen molar-refractivity contribution in [3.05, 3.63) is 53.6 Å². The molecule has 10 heteroatoms. The number of aryl methyl sites for hydroxylation is 1. The van der Waals surface area contributed by atoms with Gasteiger partial charge in [-0.05, 0) is 96.6 Å². The average Bonchev–Trinajstić information content (AvgIpc) is 3.65. The Labute approximate surface area is 265 Å². The number of phenolic OH excluding ortho intramolecular Hbond substituents is 1. The highest BCUT2D eigenvalue weighted by Gasteiger charge is 2.49. The molecule has 4 fully saturated rings. The summed E-state index contributed by atoms with van der Waals surface area (Å²) in [6, 6.07) is 11.9. The highest BCUT2D eigenvalue weighted by atomic mass is 19.1. The first-order valence-corrected chi connectivity index (χ1v) is 16.4. The van der Waals surface area contributed by atoms with E-state index >= 15 is 4.39 Å². The minimum atomic E-state index is -0.913. The molecule has 4 aliphatic rings. The summed E-state index contributed by atoms with van der Waals surface area (Å²) in [7, 11) is 0. The lowest BCUT2D eigenvalue weighted by Crippen LogP contribution is -2.44. The van der Waals surface area contributed by atoms with Crippen LogP contribution in [-0.4, -0.2) is 64.5 Å². The summed E-state index contributed by atoms with van der Waals surface area (Å²) < 4.78 is 52.7. The van der Waals surface area contributed by atoms with Crippen molar-refractivity contribution in [2.75, 3.05) is 37.7 Å². The van der Waals surface area contributed by atoms with E-state index in [1.165, 1.54) is 12.1 Å². The summed E-state index contributed by atoms with van der Waals surface area (Å²) in [5, 5.41) is 22.1. The zero-order valence-electron chi connectivity index (χ0n) is 25.8. The van der Waals surface area contributed by atoms with Gasteiger partial charge in [-0.1, -0.05) is 19.1 Å². The van der Waals surface area contributed by atoms with Crippen LogP contribution in [0.25, 0.3) is 32.8 Å². The summed E-state index contributed by atoms with van der Waals surface area (Å²) in [5.41, 5.74) is 0.641. The van der Waals surface area contributed by atoms with E-state index < -0.39 is 17.5 Å². The minimum Gasteiger partial charge on any atom is -0.508 e. The van der Waals surface area contributed by atoms with Gasteiger partial charge in [-0.25, -0.2) is 13.2 Å². The molecule has 8 rings (SSSR count). The molecule has 1 aliphatic carbocycles. The van der Waals surface area contributed by atoms with Crippen LogP contribution in [-0.2, 0) is 6.42 Å². The fraction of sp³-hybridized carbons (Fsp3) is 0.472. The van der Waals surface area contributed by atoms with Gasteiger partial charge in [0.1, 0.15) is 35.7 Å². The summed E-state index contributed by atoms with van der Waals surface area (Å²) in [6.45, 7) is 4.51. The van der Waals surface area contributed by atoms with Crippen LogP contribution in [0, 0.1) is 40.7 Å². The number of nitriles is 1. The van der Waals surface area contributed by atoms with Crippen LogP contribution in [0.5, 0.6) is 11.8 Å². The largest absolute Gasteiger partial charge is 0.508 e. The van der Waals surface area contributed by atoms with Crippen molar-refractivity contribution < 1.29 is 23.0 Å². The van der Waals surface area contributed by atoms with Crippen molar-refractivity contribution in [2.24, 2.45) is 17.8 Å². The van der Waals surface area contributed by atoms with Crippen LogP contribution in [0.15, 0.2) is 36.4 Å². The molecule has 46 heavy (non-hydrogen) atoms. The predicted molar refractivity (Wildman–Crippen MR) is 170 cm³/mol. The highest BCUT2D eigenvalue weighted by Crippen LogP contribution is 2.46. The zero-order chi connectivity index (χ0) is 31.7. The Morgan fingerprint density at radius 1 is 1.07 bits per heavy atom. The van der Waals surface area contributed by atoms with Crippen molar-refractivity contribution >= 4 is 27.5 Å². The van der Waals surface area contributed by atoms with Gasteiger partial charge in [0.2, 0.25) is 0 Å². The number of ether oxygens (including phenoxy) is 1. The summed E-state index contributed by atoms with van der Waals surface area (Å²) in [6.07, 6.45) is 3.58. The van der Waals surface area contributed by atoms with Gasteiger partial charge >= 0.3 is 6.01 Å². The zero-order valence-corrected chi connectivity index (χ0v) is 25.8. The first-order valence-electron chi connectivity index (χ1n) is 16.4. The van der Waals surface area contributed by atoms with Crippen molar-refractivity contribution in [2.45, 2.75) is 57.2 Å². The van der Waals surface area contributed by atoms with Crippen LogP contribution >= 0.6 is 0 Å². The van der Waals surface area contributed by atoms with Gasteiger partial charge in [0.15, 0.2) is 5.82 Å². The number of anilines is 1. The van der Waals surface area contributed by atoms with E-state index in [-0.39, 0.29) is 53.0 Å². The summed E-state index contributed by atoms with van der Waals surface area (Å²) in [5.74, 6) is -0.106. The Hall–Kier alpha value is -4.10. The first-order chi connectivity index (χ1) is 22.3. The molecule has 0 amide bonds. The number of aromatic hydroxyl groups is 1. The van der Waals surface area contributed by atoms with Gasteiger partial charge in [-0.15, -0.1) is 0 Å². The molecule has 7 nitrogen and oxygen atoms in total. The van der Waals surface area contributed by atoms with Crippen molar-refractivity contribution in [3.63, 3.8) is 0 Å². The van der Waals surface area contributed by atoms with E-state index in [2.05, 4.69) is 20.9 Å². The first kappa shape index (κ1) is 29.3. The molecule has 4 atom stereocenters. The van der Waals surface area contributed by atoms with Gasteiger partial charge in [-0.2, -0.15) is 15.2 Å². The predicted octanol–water partition coefficient (Wildman–Crippen LogP) is 6.94. The molecular weight excluding hydrogens is 591 g/mol. The second kappa shape index (κ2) is 11.0. The van der Waals surface area contributed by atoms with Gasteiger partial charge in [0.05, 0.1) is 17.5 Å². The standard InChI is InChI=1S/C36H36F3N5O2/c1-2-25-30(38)9-6-20-12-24(45)13-28(31(20)25)26-7-8-27-33(32(26)39)41-35(46-19-36-10-3-11-44(36)18-23(37)14-36)42-34(27)43-16-21-4-5-22(17-43)29(21)15-40/h6-9,12-13,21-23,29,45H,2-5,10-11,14,16-19H2,1H3/t21?,22?,23-,29?,36+/m1/s1. The molecule has 238 valence electrons. The van der Waals surface area contributed by atoms with Gasteiger partial charge < -0.3 is 14.7 Å². The monoisotopic (exact) mass is 627 g/mol. The van der Waals surface area contributed by atoms with Crippen molar-refractivity contribution in [3.8, 4) is 29.0 Å². The summed E-state index contributed by atoms with van der Waals surface area (Å²) >= 11 is 0. The smallest absolute Gasteiger partial charge is 0.319 e. The van der Waals surface area contributed by atoms with Crippen LogP contribution in [0.3, 0.4) is 0 Å². The molecule has 0 radical (unpaired) electrons. The number of alkyl halides is 1. The van der Waals surface area contributed by atoms with Crippen LogP contribution in [0.1, 0.15) is 44.6 Å². The number of nitrogens with zero attached hydrogens (tertiary/aromatic N) is 5. The number of rotatable bonds is 6. The summed E-state index contributed by atoms with van der Waals surface area (Å²) in [4.78, 5) is 13.8. The molecule has 1 aromatic heterocycles. The lowest BCUT2D eigenvalue weighted by Gasteiger charge is -2.36. The molecule has 3 saturated heterocycles. The number of benzene rings is 3. The van der Waals surface area contributed by atoms with E-state index in [1.54, 1.807) is 24.3 Å². The highest BCUT2D eigenvalue weighted by molar-refractivity contribution is 6.03. The maximum Gasteiger partial charge on any atom is 0.319 e. The fourth-order valence-electron chi connectivity index (χ4n) is 8.95. The molecule has 3 aromatic carbocycles.